The number of aromatic nitrogens is 1. The molecular formula is C13H15N3O2. The minimum atomic E-state index is -0.129. The quantitative estimate of drug-likeness (QED) is 0.836. The fraction of sp³-hybridized carbons (Fsp3) is 0.231. The first-order valence-electron chi connectivity index (χ1n) is 5.72. The van der Waals surface area contributed by atoms with E-state index in [1.807, 2.05) is 18.2 Å². The Kier molecular flexibility index (Phi) is 3.32. The lowest BCUT2D eigenvalue weighted by molar-refractivity contribution is -0.118. The zero-order chi connectivity index (χ0) is 13.1. The van der Waals surface area contributed by atoms with Crippen LogP contribution in [0.4, 0.5) is 5.82 Å². The summed E-state index contributed by atoms with van der Waals surface area (Å²) in [5, 5.41) is 4.11. The minimum absolute atomic E-state index is 0.123. The lowest BCUT2D eigenvalue weighted by atomic mass is 10.1. The molecule has 0 unspecified atom stereocenters. The van der Waals surface area contributed by atoms with Gasteiger partial charge in [-0.2, -0.15) is 0 Å². The monoisotopic (exact) mass is 245 g/mol. The van der Waals surface area contributed by atoms with E-state index in [4.69, 9.17) is 5.73 Å². The number of pyridine rings is 1. The average molecular weight is 245 g/mol. The van der Waals surface area contributed by atoms with Gasteiger partial charge in [-0.25, -0.2) is 0 Å². The van der Waals surface area contributed by atoms with Crippen LogP contribution in [0.5, 0.6) is 0 Å². The summed E-state index contributed by atoms with van der Waals surface area (Å²) >= 11 is 0. The van der Waals surface area contributed by atoms with Gasteiger partial charge in [-0.15, -0.1) is 0 Å². The lowest BCUT2D eigenvalue weighted by Crippen LogP contribution is -2.30. The van der Waals surface area contributed by atoms with Gasteiger partial charge in [0.15, 0.2) is 0 Å². The Labute approximate surface area is 104 Å². The van der Waals surface area contributed by atoms with Crippen molar-refractivity contribution in [1.29, 1.82) is 0 Å². The fourth-order valence-electron chi connectivity index (χ4n) is 1.89. The van der Waals surface area contributed by atoms with Crippen LogP contribution in [-0.2, 0) is 11.3 Å². The van der Waals surface area contributed by atoms with Crippen molar-refractivity contribution >= 4 is 22.5 Å². The number of carbonyl (C=O) groups excluding carboxylic acids is 1. The standard InChI is InChI=1S/C13H15N3O2/c1-9(17)15-6-7-16-12(14)8-10-4-2-3-5-11(10)13(16)18/h2-5,8H,6-7,14H2,1H3,(H,15,17). The number of nitrogens with one attached hydrogen (secondary N) is 1. The first-order valence-corrected chi connectivity index (χ1v) is 5.72. The molecule has 1 heterocycles. The number of amides is 1. The van der Waals surface area contributed by atoms with E-state index in [1.165, 1.54) is 11.5 Å². The normalized spacial score (nSPS) is 10.5. The Balaban J connectivity index is 2.38. The number of benzene rings is 1. The molecule has 0 aliphatic carbocycles. The van der Waals surface area contributed by atoms with Gasteiger partial charge in [0, 0.05) is 25.4 Å². The third kappa shape index (κ3) is 2.34. The summed E-state index contributed by atoms with van der Waals surface area (Å²) < 4.78 is 1.47. The van der Waals surface area contributed by atoms with Crippen molar-refractivity contribution in [2.75, 3.05) is 12.3 Å². The Hall–Kier alpha value is -2.30. The highest BCUT2D eigenvalue weighted by molar-refractivity contribution is 5.83. The van der Waals surface area contributed by atoms with Crippen LogP contribution in [0.15, 0.2) is 35.1 Å². The van der Waals surface area contributed by atoms with Crippen molar-refractivity contribution < 1.29 is 4.79 Å². The van der Waals surface area contributed by atoms with E-state index < -0.39 is 0 Å². The maximum absolute atomic E-state index is 12.2. The molecule has 0 fully saturated rings. The molecule has 0 aliphatic rings. The minimum Gasteiger partial charge on any atom is -0.385 e. The van der Waals surface area contributed by atoms with E-state index in [9.17, 15) is 9.59 Å². The summed E-state index contributed by atoms with van der Waals surface area (Å²) in [5.74, 6) is 0.284. The van der Waals surface area contributed by atoms with E-state index in [1.54, 1.807) is 12.1 Å². The molecule has 3 N–H and O–H groups in total. The molecule has 2 rings (SSSR count). The predicted molar refractivity (Wildman–Crippen MR) is 71.3 cm³/mol. The predicted octanol–water partition coefficient (Wildman–Crippen LogP) is 0.720. The molecule has 1 aromatic heterocycles. The number of rotatable bonds is 3. The number of nitrogens with zero attached hydrogens (tertiary/aromatic N) is 1. The number of hydrogen-bond donors (Lipinski definition) is 2. The van der Waals surface area contributed by atoms with Crippen LogP contribution in [0.1, 0.15) is 6.92 Å². The fourth-order valence-corrected chi connectivity index (χ4v) is 1.89. The molecule has 0 saturated carbocycles. The molecule has 2 aromatic rings. The summed E-state index contributed by atoms with van der Waals surface area (Å²) in [6.07, 6.45) is 0. The zero-order valence-corrected chi connectivity index (χ0v) is 10.1. The van der Waals surface area contributed by atoms with E-state index in [2.05, 4.69) is 5.32 Å². The Bertz CT molecular complexity index is 646. The Morgan fingerprint density at radius 3 is 2.83 bits per heavy atom. The highest BCUT2D eigenvalue weighted by atomic mass is 16.1. The van der Waals surface area contributed by atoms with Gasteiger partial charge in [0.25, 0.3) is 5.56 Å². The second-order valence-electron chi connectivity index (χ2n) is 4.10. The third-order valence-corrected chi connectivity index (χ3v) is 2.76. The van der Waals surface area contributed by atoms with Crippen LogP contribution in [0.25, 0.3) is 10.8 Å². The van der Waals surface area contributed by atoms with Gasteiger partial charge in [0.1, 0.15) is 5.82 Å². The van der Waals surface area contributed by atoms with E-state index in [0.717, 1.165) is 5.39 Å². The second kappa shape index (κ2) is 4.91. The second-order valence-corrected chi connectivity index (χ2v) is 4.10. The Morgan fingerprint density at radius 1 is 1.39 bits per heavy atom. The first kappa shape index (κ1) is 12.2. The van der Waals surface area contributed by atoms with Gasteiger partial charge in [0.05, 0.1) is 0 Å². The molecule has 1 amide bonds. The highest BCUT2D eigenvalue weighted by Gasteiger charge is 2.06. The maximum atomic E-state index is 12.2. The number of fused-ring (bicyclic) bond motifs is 1. The number of nitrogens with two attached hydrogens (primary N) is 1. The van der Waals surface area contributed by atoms with Crippen molar-refractivity contribution in [2.45, 2.75) is 13.5 Å². The van der Waals surface area contributed by atoms with Gasteiger partial charge < -0.3 is 11.1 Å². The van der Waals surface area contributed by atoms with Gasteiger partial charge in [-0.1, -0.05) is 18.2 Å². The van der Waals surface area contributed by atoms with Crippen molar-refractivity contribution in [2.24, 2.45) is 0 Å². The van der Waals surface area contributed by atoms with E-state index in [0.29, 0.717) is 24.3 Å². The molecule has 0 bridgehead atoms. The van der Waals surface area contributed by atoms with E-state index >= 15 is 0 Å². The molecular weight excluding hydrogens is 230 g/mol. The van der Waals surface area contributed by atoms with Gasteiger partial charge in [-0.05, 0) is 17.5 Å². The molecule has 1 aromatic carbocycles. The largest absolute Gasteiger partial charge is 0.385 e. The summed E-state index contributed by atoms with van der Waals surface area (Å²) in [6, 6.07) is 9.07. The number of nitrogen functional groups attached to an aromatic ring is 1. The number of anilines is 1. The summed E-state index contributed by atoms with van der Waals surface area (Å²) in [7, 11) is 0. The van der Waals surface area contributed by atoms with Crippen molar-refractivity contribution in [3.05, 3.63) is 40.7 Å². The summed E-state index contributed by atoms with van der Waals surface area (Å²) in [6.45, 7) is 2.19. The lowest BCUT2D eigenvalue weighted by Gasteiger charge is -2.11. The first-order chi connectivity index (χ1) is 8.59. The molecule has 0 saturated heterocycles. The number of hydrogen-bond acceptors (Lipinski definition) is 3. The summed E-state index contributed by atoms with van der Waals surface area (Å²) in [5.41, 5.74) is 5.73. The molecule has 5 nitrogen and oxygen atoms in total. The smallest absolute Gasteiger partial charge is 0.260 e. The molecule has 18 heavy (non-hydrogen) atoms. The van der Waals surface area contributed by atoms with Crippen LogP contribution in [0.2, 0.25) is 0 Å². The molecule has 0 radical (unpaired) electrons. The third-order valence-electron chi connectivity index (χ3n) is 2.76. The van der Waals surface area contributed by atoms with Crippen LogP contribution in [-0.4, -0.2) is 17.0 Å². The maximum Gasteiger partial charge on any atom is 0.260 e. The molecule has 0 aliphatic heterocycles. The van der Waals surface area contributed by atoms with Crippen LogP contribution >= 0.6 is 0 Å². The molecule has 5 heteroatoms. The van der Waals surface area contributed by atoms with Crippen LogP contribution < -0.4 is 16.6 Å². The van der Waals surface area contributed by atoms with Crippen molar-refractivity contribution in [1.82, 2.24) is 9.88 Å². The SMILES string of the molecule is CC(=O)NCCn1c(N)cc2ccccc2c1=O. The van der Waals surface area contributed by atoms with Gasteiger partial charge >= 0.3 is 0 Å². The zero-order valence-electron chi connectivity index (χ0n) is 10.1. The summed E-state index contributed by atoms with van der Waals surface area (Å²) in [4.78, 5) is 23.0. The van der Waals surface area contributed by atoms with Crippen molar-refractivity contribution in [3.8, 4) is 0 Å². The molecule has 0 spiro atoms. The van der Waals surface area contributed by atoms with Gasteiger partial charge in [0.2, 0.25) is 5.91 Å². The molecule has 0 atom stereocenters. The average Bonchev–Trinajstić information content (AvgIpc) is 2.33. The van der Waals surface area contributed by atoms with E-state index in [-0.39, 0.29) is 11.5 Å². The molecule has 94 valence electrons. The Morgan fingerprint density at radius 2 is 2.11 bits per heavy atom. The van der Waals surface area contributed by atoms with Crippen molar-refractivity contribution in [3.63, 3.8) is 0 Å². The number of carbonyl (C=O) groups is 1. The highest BCUT2D eigenvalue weighted by Crippen LogP contribution is 2.12. The van der Waals surface area contributed by atoms with Crippen LogP contribution in [0.3, 0.4) is 0 Å². The van der Waals surface area contributed by atoms with Gasteiger partial charge in [-0.3, -0.25) is 14.2 Å². The van der Waals surface area contributed by atoms with Crippen LogP contribution in [0, 0.1) is 0 Å². The topological polar surface area (TPSA) is 77.1 Å².